The van der Waals surface area contributed by atoms with Crippen molar-refractivity contribution in [2.75, 3.05) is 19.8 Å². The van der Waals surface area contributed by atoms with E-state index >= 15 is 0 Å². The summed E-state index contributed by atoms with van der Waals surface area (Å²) in [6.07, 6.45) is 0.412. The second kappa shape index (κ2) is 6.52. The number of rotatable bonds is 4. The number of nitrogens with one attached hydrogen (secondary N) is 1. The summed E-state index contributed by atoms with van der Waals surface area (Å²) >= 11 is 0. The van der Waals surface area contributed by atoms with Gasteiger partial charge in [-0.1, -0.05) is 30.3 Å². The van der Waals surface area contributed by atoms with E-state index in [1.54, 1.807) is 0 Å². The van der Waals surface area contributed by atoms with Gasteiger partial charge in [-0.25, -0.2) is 0 Å². The second-order valence-electron chi connectivity index (χ2n) is 5.19. The fourth-order valence-corrected chi connectivity index (χ4v) is 2.48. The molecule has 3 rings (SSSR count). The minimum Gasteiger partial charge on any atom is -0.486 e. The Morgan fingerprint density at radius 2 is 1.68 bits per heavy atom. The van der Waals surface area contributed by atoms with Crippen molar-refractivity contribution in [1.29, 1.82) is 0 Å². The molecule has 0 atom stereocenters. The predicted molar refractivity (Wildman–Crippen MR) is 85.3 cm³/mol. The molecule has 2 aromatic rings. The van der Waals surface area contributed by atoms with Gasteiger partial charge in [-0.05, 0) is 35.7 Å². The maximum atomic E-state index is 11.6. The molecule has 4 nitrogen and oxygen atoms in total. The number of fused-ring (bicyclic) bond motifs is 1. The van der Waals surface area contributed by atoms with Gasteiger partial charge in [0.2, 0.25) is 5.91 Å². The van der Waals surface area contributed by atoms with Crippen LogP contribution in [0.25, 0.3) is 11.1 Å². The van der Waals surface area contributed by atoms with Crippen molar-refractivity contribution in [1.82, 2.24) is 5.32 Å². The lowest BCUT2D eigenvalue weighted by atomic mass is 10.0. The average Bonchev–Trinajstić information content (AvgIpc) is 2.55. The summed E-state index contributed by atoms with van der Waals surface area (Å²) in [6, 6.07) is 14.0. The number of hydrogen-bond acceptors (Lipinski definition) is 3. The van der Waals surface area contributed by atoms with Crippen LogP contribution in [0.15, 0.2) is 42.5 Å². The molecule has 0 aliphatic carbocycles. The maximum Gasteiger partial charge on any atom is 0.224 e. The van der Waals surface area contributed by atoms with Gasteiger partial charge in [-0.3, -0.25) is 4.79 Å². The van der Waals surface area contributed by atoms with Gasteiger partial charge in [-0.15, -0.1) is 0 Å². The zero-order chi connectivity index (χ0) is 15.4. The third-order valence-corrected chi connectivity index (χ3v) is 3.57. The molecule has 22 heavy (non-hydrogen) atoms. The van der Waals surface area contributed by atoms with Crippen LogP contribution in [0, 0.1) is 0 Å². The van der Waals surface area contributed by atoms with E-state index in [4.69, 9.17) is 9.47 Å². The molecule has 0 saturated carbocycles. The fraction of sp³-hybridized carbons (Fsp3) is 0.278. The Bertz CT molecular complexity index is 665. The standard InChI is InChI=1S/C18H19NO3/c1-2-19-18(20)11-13-3-5-14(6-4-13)15-7-8-16-17(12-15)22-10-9-21-16/h3-8,12H,2,9-11H2,1H3,(H,19,20). The van der Waals surface area contributed by atoms with Gasteiger partial charge in [0.25, 0.3) is 0 Å². The quantitative estimate of drug-likeness (QED) is 0.944. The van der Waals surface area contributed by atoms with E-state index in [9.17, 15) is 4.79 Å². The Labute approximate surface area is 130 Å². The molecule has 1 aliphatic heterocycles. The van der Waals surface area contributed by atoms with Gasteiger partial charge >= 0.3 is 0 Å². The lowest BCUT2D eigenvalue weighted by Crippen LogP contribution is -2.24. The largest absolute Gasteiger partial charge is 0.486 e. The Hall–Kier alpha value is -2.49. The first kappa shape index (κ1) is 14.4. The molecule has 1 N–H and O–H groups in total. The Morgan fingerprint density at radius 1 is 1.00 bits per heavy atom. The average molecular weight is 297 g/mol. The Kier molecular flexibility index (Phi) is 4.28. The van der Waals surface area contributed by atoms with E-state index in [1.807, 2.05) is 49.4 Å². The highest BCUT2D eigenvalue weighted by Gasteiger charge is 2.12. The van der Waals surface area contributed by atoms with Gasteiger partial charge in [0.1, 0.15) is 13.2 Å². The predicted octanol–water partition coefficient (Wildman–Crippen LogP) is 2.80. The summed E-state index contributed by atoms with van der Waals surface area (Å²) in [6.45, 7) is 3.76. The highest BCUT2D eigenvalue weighted by atomic mass is 16.6. The Balaban J connectivity index is 1.76. The molecule has 0 saturated heterocycles. The van der Waals surface area contributed by atoms with E-state index in [0.29, 0.717) is 26.2 Å². The van der Waals surface area contributed by atoms with Crippen molar-refractivity contribution in [3.63, 3.8) is 0 Å². The van der Waals surface area contributed by atoms with Crippen LogP contribution in [0.3, 0.4) is 0 Å². The molecular weight excluding hydrogens is 278 g/mol. The molecule has 1 aliphatic rings. The number of hydrogen-bond donors (Lipinski definition) is 1. The summed E-state index contributed by atoms with van der Waals surface area (Å²) in [4.78, 5) is 11.6. The Morgan fingerprint density at radius 3 is 2.41 bits per heavy atom. The van der Waals surface area contributed by atoms with Crippen LogP contribution in [-0.2, 0) is 11.2 Å². The van der Waals surface area contributed by atoms with Crippen LogP contribution in [0.2, 0.25) is 0 Å². The van der Waals surface area contributed by atoms with Crippen LogP contribution in [-0.4, -0.2) is 25.7 Å². The van der Waals surface area contributed by atoms with Crippen molar-refractivity contribution in [3.05, 3.63) is 48.0 Å². The first-order chi connectivity index (χ1) is 10.8. The van der Waals surface area contributed by atoms with Crippen LogP contribution < -0.4 is 14.8 Å². The molecule has 114 valence electrons. The molecule has 0 fully saturated rings. The number of amides is 1. The minimum atomic E-state index is 0.0505. The number of carbonyl (C=O) groups excluding carboxylic acids is 1. The minimum absolute atomic E-state index is 0.0505. The summed E-state index contributed by atoms with van der Waals surface area (Å²) in [5.41, 5.74) is 3.18. The normalized spacial score (nSPS) is 12.8. The van der Waals surface area contributed by atoms with Gasteiger partial charge in [-0.2, -0.15) is 0 Å². The number of benzene rings is 2. The maximum absolute atomic E-state index is 11.6. The smallest absolute Gasteiger partial charge is 0.224 e. The first-order valence-corrected chi connectivity index (χ1v) is 7.52. The second-order valence-corrected chi connectivity index (χ2v) is 5.19. The van der Waals surface area contributed by atoms with Gasteiger partial charge < -0.3 is 14.8 Å². The summed E-state index contributed by atoms with van der Waals surface area (Å²) < 4.78 is 11.1. The van der Waals surface area contributed by atoms with Gasteiger partial charge in [0.15, 0.2) is 11.5 Å². The number of carbonyl (C=O) groups is 1. The third-order valence-electron chi connectivity index (χ3n) is 3.57. The highest BCUT2D eigenvalue weighted by Crippen LogP contribution is 2.34. The summed E-state index contributed by atoms with van der Waals surface area (Å²) in [7, 11) is 0. The first-order valence-electron chi connectivity index (χ1n) is 7.52. The van der Waals surface area contributed by atoms with E-state index in [0.717, 1.165) is 28.2 Å². The number of ether oxygens (including phenoxy) is 2. The van der Waals surface area contributed by atoms with Gasteiger partial charge in [0, 0.05) is 6.54 Å². The van der Waals surface area contributed by atoms with Gasteiger partial charge in [0.05, 0.1) is 6.42 Å². The zero-order valence-electron chi connectivity index (χ0n) is 12.6. The summed E-state index contributed by atoms with van der Waals surface area (Å²) in [5, 5.41) is 2.81. The molecule has 0 radical (unpaired) electrons. The molecule has 0 unspecified atom stereocenters. The van der Waals surface area contributed by atoms with E-state index in [-0.39, 0.29) is 5.91 Å². The molecule has 0 spiro atoms. The van der Waals surface area contributed by atoms with E-state index in [1.165, 1.54) is 0 Å². The molecular formula is C18H19NO3. The topological polar surface area (TPSA) is 47.6 Å². The van der Waals surface area contributed by atoms with E-state index < -0.39 is 0 Å². The van der Waals surface area contributed by atoms with Crippen LogP contribution >= 0.6 is 0 Å². The third kappa shape index (κ3) is 3.22. The van der Waals surface area contributed by atoms with Crippen molar-refractivity contribution >= 4 is 5.91 Å². The number of likely N-dealkylation sites (N-methyl/N-ethyl adjacent to an activating group) is 1. The molecule has 2 aromatic carbocycles. The van der Waals surface area contributed by atoms with E-state index in [2.05, 4.69) is 5.32 Å². The zero-order valence-corrected chi connectivity index (χ0v) is 12.6. The molecule has 0 aromatic heterocycles. The molecule has 1 amide bonds. The summed E-state index contributed by atoms with van der Waals surface area (Å²) in [5.74, 6) is 1.63. The monoisotopic (exact) mass is 297 g/mol. The van der Waals surface area contributed by atoms with Crippen LogP contribution in [0.5, 0.6) is 11.5 Å². The van der Waals surface area contributed by atoms with Crippen molar-refractivity contribution in [2.45, 2.75) is 13.3 Å². The molecule has 1 heterocycles. The highest BCUT2D eigenvalue weighted by molar-refractivity contribution is 5.78. The van der Waals surface area contributed by atoms with Crippen molar-refractivity contribution in [2.24, 2.45) is 0 Å². The molecule has 4 heteroatoms. The van der Waals surface area contributed by atoms with Crippen molar-refractivity contribution in [3.8, 4) is 22.6 Å². The molecule has 0 bridgehead atoms. The SMILES string of the molecule is CCNC(=O)Cc1ccc(-c2ccc3c(c2)OCCO3)cc1. The fourth-order valence-electron chi connectivity index (χ4n) is 2.48. The lowest BCUT2D eigenvalue weighted by molar-refractivity contribution is -0.120. The van der Waals surface area contributed by atoms with Crippen LogP contribution in [0.4, 0.5) is 0 Å². The van der Waals surface area contributed by atoms with Crippen LogP contribution in [0.1, 0.15) is 12.5 Å². The lowest BCUT2D eigenvalue weighted by Gasteiger charge is -2.19. The van der Waals surface area contributed by atoms with Crippen molar-refractivity contribution < 1.29 is 14.3 Å².